The smallest absolute Gasteiger partial charge is 0.241 e. The first-order valence-corrected chi connectivity index (χ1v) is 10.7. The number of carbonyl (C=O) groups is 2. The molecule has 3 aromatic carbocycles. The number of ketones is 1. The normalized spacial score (nSPS) is 18.0. The van der Waals surface area contributed by atoms with Gasteiger partial charge in [0.1, 0.15) is 16.9 Å². The standard InChI is InChI=1S/C27H27NO4/c1-19-8-12-21(13-9-19)25(29)27(18-20-10-14-22(31-2)15-11-20)16-17-28(26(27)30)23-6-4-5-7-24(23)32-3/h4-15H,16-18H2,1-3H3. The van der Waals surface area contributed by atoms with Crippen LogP contribution in [-0.4, -0.2) is 32.5 Å². The number of hydrogen-bond acceptors (Lipinski definition) is 4. The van der Waals surface area contributed by atoms with Crippen LogP contribution in [0.4, 0.5) is 5.69 Å². The summed E-state index contributed by atoms with van der Waals surface area (Å²) < 4.78 is 10.7. The van der Waals surface area contributed by atoms with Crippen LogP contribution in [0.15, 0.2) is 72.8 Å². The second-order valence-electron chi connectivity index (χ2n) is 8.18. The molecule has 0 radical (unpaired) electrons. The molecule has 1 aliphatic heterocycles. The van der Waals surface area contributed by atoms with Gasteiger partial charge < -0.3 is 14.4 Å². The highest BCUT2D eigenvalue weighted by molar-refractivity contribution is 6.20. The minimum Gasteiger partial charge on any atom is -0.497 e. The molecule has 0 bridgehead atoms. The molecule has 0 aromatic heterocycles. The molecular formula is C27H27NO4. The zero-order valence-electron chi connectivity index (χ0n) is 18.6. The fraction of sp³-hybridized carbons (Fsp3) is 0.259. The summed E-state index contributed by atoms with van der Waals surface area (Å²) in [5, 5.41) is 0. The van der Waals surface area contributed by atoms with E-state index in [4.69, 9.17) is 9.47 Å². The number of carbonyl (C=O) groups excluding carboxylic acids is 2. The molecule has 4 rings (SSSR count). The Morgan fingerprint density at radius 3 is 2.28 bits per heavy atom. The Morgan fingerprint density at radius 2 is 1.62 bits per heavy atom. The highest BCUT2D eigenvalue weighted by atomic mass is 16.5. The number of amides is 1. The molecule has 1 aliphatic rings. The van der Waals surface area contributed by atoms with E-state index in [1.54, 1.807) is 19.1 Å². The first kappa shape index (κ1) is 21.6. The van der Waals surface area contributed by atoms with Crippen molar-refractivity contribution in [3.8, 4) is 11.5 Å². The molecule has 1 amide bonds. The Labute approximate surface area is 188 Å². The van der Waals surface area contributed by atoms with Crippen LogP contribution in [0.5, 0.6) is 11.5 Å². The topological polar surface area (TPSA) is 55.8 Å². The lowest BCUT2D eigenvalue weighted by Gasteiger charge is -2.27. The zero-order chi connectivity index (χ0) is 22.7. The summed E-state index contributed by atoms with van der Waals surface area (Å²) >= 11 is 0. The van der Waals surface area contributed by atoms with Gasteiger partial charge in [-0.05, 0) is 49.6 Å². The summed E-state index contributed by atoms with van der Waals surface area (Å²) in [6.07, 6.45) is 0.761. The maximum Gasteiger partial charge on any atom is 0.241 e. The second-order valence-corrected chi connectivity index (χ2v) is 8.18. The van der Waals surface area contributed by atoms with Crippen LogP contribution >= 0.6 is 0 Å². The molecule has 5 heteroatoms. The van der Waals surface area contributed by atoms with Crippen LogP contribution in [0.2, 0.25) is 0 Å². The number of Topliss-reactive ketones (excluding diaryl/α,β-unsaturated/α-hetero) is 1. The third-order valence-electron chi connectivity index (χ3n) is 6.21. The Hall–Kier alpha value is -3.60. The van der Waals surface area contributed by atoms with Gasteiger partial charge in [0.05, 0.1) is 19.9 Å². The van der Waals surface area contributed by atoms with E-state index in [9.17, 15) is 9.59 Å². The van der Waals surface area contributed by atoms with Crippen LogP contribution in [0.1, 0.15) is 27.9 Å². The summed E-state index contributed by atoms with van der Waals surface area (Å²) in [7, 11) is 3.20. The highest BCUT2D eigenvalue weighted by Crippen LogP contribution is 2.43. The Balaban J connectivity index is 1.76. The predicted octanol–water partition coefficient (Wildman–Crippen LogP) is 4.86. The number of aryl methyl sites for hydroxylation is 1. The predicted molar refractivity (Wildman–Crippen MR) is 125 cm³/mol. The molecular weight excluding hydrogens is 402 g/mol. The molecule has 0 aliphatic carbocycles. The molecule has 0 spiro atoms. The lowest BCUT2D eigenvalue weighted by atomic mass is 9.74. The number of hydrogen-bond donors (Lipinski definition) is 0. The number of benzene rings is 3. The van der Waals surface area contributed by atoms with E-state index in [0.29, 0.717) is 36.4 Å². The van der Waals surface area contributed by atoms with Crippen molar-refractivity contribution in [3.63, 3.8) is 0 Å². The molecule has 1 fully saturated rings. The minimum atomic E-state index is -1.18. The SMILES string of the molecule is COc1ccc(CC2(C(=O)c3ccc(C)cc3)CCN(c3ccccc3OC)C2=O)cc1. The van der Waals surface area contributed by atoms with Crippen molar-refractivity contribution < 1.29 is 19.1 Å². The van der Waals surface area contributed by atoms with E-state index in [-0.39, 0.29) is 11.7 Å². The molecule has 0 saturated carbocycles. The maximum atomic E-state index is 13.9. The molecule has 3 aromatic rings. The van der Waals surface area contributed by atoms with Gasteiger partial charge in [-0.2, -0.15) is 0 Å². The molecule has 32 heavy (non-hydrogen) atoms. The van der Waals surface area contributed by atoms with E-state index < -0.39 is 5.41 Å². The van der Waals surface area contributed by atoms with E-state index in [0.717, 1.165) is 16.9 Å². The van der Waals surface area contributed by atoms with Crippen molar-refractivity contribution in [2.45, 2.75) is 19.8 Å². The first-order valence-electron chi connectivity index (χ1n) is 10.7. The molecule has 1 saturated heterocycles. The Kier molecular flexibility index (Phi) is 5.99. The average molecular weight is 430 g/mol. The van der Waals surface area contributed by atoms with Crippen LogP contribution in [0.25, 0.3) is 0 Å². The van der Waals surface area contributed by atoms with Crippen molar-refractivity contribution in [2.24, 2.45) is 5.41 Å². The largest absolute Gasteiger partial charge is 0.497 e. The number of anilines is 1. The van der Waals surface area contributed by atoms with E-state index in [1.165, 1.54) is 0 Å². The van der Waals surface area contributed by atoms with E-state index in [2.05, 4.69) is 0 Å². The molecule has 1 atom stereocenters. The lowest BCUT2D eigenvalue weighted by Crippen LogP contribution is -2.42. The third-order valence-corrected chi connectivity index (χ3v) is 6.21. The van der Waals surface area contributed by atoms with Gasteiger partial charge in [-0.1, -0.05) is 54.1 Å². The van der Waals surface area contributed by atoms with Gasteiger partial charge in [-0.15, -0.1) is 0 Å². The Morgan fingerprint density at radius 1 is 0.938 bits per heavy atom. The molecule has 1 heterocycles. The monoisotopic (exact) mass is 429 g/mol. The third kappa shape index (κ3) is 3.86. The van der Waals surface area contributed by atoms with Crippen molar-refractivity contribution in [3.05, 3.63) is 89.5 Å². The molecule has 5 nitrogen and oxygen atoms in total. The van der Waals surface area contributed by atoms with Crippen molar-refractivity contribution in [2.75, 3.05) is 25.7 Å². The summed E-state index contributed by atoms with van der Waals surface area (Å²) in [6, 6.07) is 22.4. The van der Waals surface area contributed by atoms with Crippen molar-refractivity contribution >= 4 is 17.4 Å². The summed E-state index contributed by atoms with van der Waals surface area (Å²) in [4.78, 5) is 29.5. The van der Waals surface area contributed by atoms with Gasteiger partial charge in [-0.3, -0.25) is 9.59 Å². The van der Waals surface area contributed by atoms with Crippen LogP contribution in [0.3, 0.4) is 0 Å². The van der Waals surface area contributed by atoms with E-state index >= 15 is 0 Å². The molecule has 0 N–H and O–H groups in total. The lowest BCUT2D eigenvalue weighted by molar-refractivity contribution is -0.123. The number of rotatable bonds is 7. The van der Waals surface area contributed by atoms with Crippen LogP contribution < -0.4 is 14.4 Å². The number of methoxy groups -OCH3 is 2. The fourth-order valence-corrected chi connectivity index (χ4v) is 4.38. The molecule has 164 valence electrons. The highest BCUT2D eigenvalue weighted by Gasteiger charge is 2.53. The van der Waals surface area contributed by atoms with Crippen LogP contribution in [0, 0.1) is 12.3 Å². The maximum absolute atomic E-state index is 13.9. The summed E-state index contributed by atoms with van der Waals surface area (Å²) in [6.45, 7) is 2.43. The van der Waals surface area contributed by atoms with Gasteiger partial charge in [-0.25, -0.2) is 0 Å². The number of nitrogens with zero attached hydrogens (tertiary/aromatic N) is 1. The first-order chi connectivity index (χ1) is 15.5. The summed E-state index contributed by atoms with van der Waals surface area (Å²) in [5.74, 6) is 1.02. The van der Waals surface area contributed by atoms with Crippen LogP contribution in [-0.2, 0) is 11.2 Å². The van der Waals surface area contributed by atoms with Gasteiger partial charge in [0.2, 0.25) is 5.91 Å². The van der Waals surface area contributed by atoms with Gasteiger partial charge in [0.25, 0.3) is 0 Å². The average Bonchev–Trinajstić information content (AvgIpc) is 3.16. The quantitative estimate of drug-likeness (QED) is 0.398. The Bertz CT molecular complexity index is 1120. The van der Waals surface area contributed by atoms with Crippen molar-refractivity contribution in [1.82, 2.24) is 0 Å². The van der Waals surface area contributed by atoms with Gasteiger partial charge >= 0.3 is 0 Å². The second kappa shape index (κ2) is 8.87. The van der Waals surface area contributed by atoms with Gasteiger partial charge in [0.15, 0.2) is 5.78 Å². The van der Waals surface area contributed by atoms with E-state index in [1.807, 2.05) is 79.7 Å². The van der Waals surface area contributed by atoms with Crippen molar-refractivity contribution in [1.29, 1.82) is 0 Å². The zero-order valence-corrected chi connectivity index (χ0v) is 18.6. The summed E-state index contributed by atoms with van der Waals surface area (Å²) in [5.41, 5.74) is 2.05. The minimum absolute atomic E-state index is 0.143. The van der Waals surface area contributed by atoms with Gasteiger partial charge in [0, 0.05) is 12.1 Å². The number of para-hydroxylation sites is 2. The molecule has 1 unspecified atom stereocenters. The number of ether oxygens (including phenoxy) is 2. The fourth-order valence-electron chi connectivity index (χ4n) is 4.38.